The summed E-state index contributed by atoms with van der Waals surface area (Å²) >= 11 is 10.2. The summed E-state index contributed by atoms with van der Waals surface area (Å²) < 4.78 is 11.5. The van der Waals surface area contributed by atoms with Crippen LogP contribution >= 0.6 is 23.2 Å². The average molecular weight is 204 g/mol. The Morgan fingerprint density at radius 1 is 1.64 bits per heavy atom. The monoisotopic (exact) mass is 203 g/mol. The summed E-state index contributed by atoms with van der Waals surface area (Å²) in [5.74, 6) is -0.728. The standard InChI is InChI=1S/C5H8Cl2FNO2/c6-4(7)5(11)9-3(10)1-2-8/h3-4,10H,1-2H2,(H,9,11). The third-order valence-corrected chi connectivity index (χ3v) is 1.29. The van der Waals surface area contributed by atoms with Gasteiger partial charge in [0.1, 0.15) is 6.23 Å². The SMILES string of the molecule is O=C(NC(O)CCF)C(Cl)Cl. The molecule has 0 heterocycles. The molecule has 0 aromatic carbocycles. The van der Waals surface area contributed by atoms with Gasteiger partial charge >= 0.3 is 0 Å². The van der Waals surface area contributed by atoms with Gasteiger partial charge in [0.25, 0.3) is 5.91 Å². The quantitative estimate of drug-likeness (QED) is 0.519. The van der Waals surface area contributed by atoms with Crippen molar-refractivity contribution in [2.75, 3.05) is 6.67 Å². The Morgan fingerprint density at radius 2 is 2.18 bits per heavy atom. The molecule has 0 saturated heterocycles. The molecule has 66 valence electrons. The minimum Gasteiger partial charge on any atom is -0.374 e. The van der Waals surface area contributed by atoms with Gasteiger partial charge in [-0.15, -0.1) is 0 Å². The van der Waals surface area contributed by atoms with E-state index in [0.717, 1.165) is 0 Å². The molecule has 1 amide bonds. The molecule has 0 bridgehead atoms. The van der Waals surface area contributed by atoms with Crippen molar-refractivity contribution in [3.8, 4) is 0 Å². The van der Waals surface area contributed by atoms with Gasteiger partial charge in [0.15, 0.2) is 4.84 Å². The minimum atomic E-state index is -1.23. The van der Waals surface area contributed by atoms with Gasteiger partial charge in [0.05, 0.1) is 6.67 Å². The first-order valence-electron chi connectivity index (χ1n) is 2.90. The molecule has 6 heteroatoms. The first-order chi connectivity index (χ1) is 5.07. The van der Waals surface area contributed by atoms with Crippen LogP contribution in [0.2, 0.25) is 0 Å². The van der Waals surface area contributed by atoms with Crippen molar-refractivity contribution < 1.29 is 14.3 Å². The zero-order chi connectivity index (χ0) is 8.85. The van der Waals surface area contributed by atoms with E-state index in [2.05, 4.69) is 0 Å². The van der Waals surface area contributed by atoms with Crippen molar-refractivity contribution in [2.45, 2.75) is 17.5 Å². The number of rotatable bonds is 4. The molecule has 11 heavy (non-hydrogen) atoms. The molecule has 0 aliphatic heterocycles. The normalized spacial score (nSPS) is 13.2. The molecule has 0 aliphatic rings. The zero-order valence-corrected chi connectivity index (χ0v) is 7.07. The van der Waals surface area contributed by atoms with E-state index in [4.69, 9.17) is 28.3 Å². The number of hydrogen-bond donors (Lipinski definition) is 2. The second kappa shape index (κ2) is 5.57. The summed E-state index contributed by atoms with van der Waals surface area (Å²) in [6, 6.07) is 0. The number of alkyl halides is 3. The maximum absolute atomic E-state index is 11.5. The van der Waals surface area contributed by atoms with Crippen LogP contribution in [0.25, 0.3) is 0 Å². The van der Waals surface area contributed by atoms with Crippen molar-refractivity contribution >= 4 is 29.1 Å². The van der Waals surface area contributed by atoms with Gasteiger partial charge in [-0.1, -0.05) is 23.2 Å². The molecular formula is C5H8Cl2FNO2. The lowest BCUT2D eigenvalue weighted by atomic mass is 10.4. The van der Waals surface area contributed by atoms with Gasteiger partial charge in [-0.25, -0.2) is 0 Å². The second-order valence-electron chi connectivity index (χ2n) is 1.80. The lowest BCUT2D eigenvalue weighted by molar-refractivity contribution is -0.122. The van der Waals surface area contributed by atoms with E-state index in [1.807, 2.05) is 5.32 Å². The summed E-state index contributed by atoms with van der Waals surface area (Å²) in [7, 11) is 0. The smallest absolute Gasteiger partial charge is 0.255 e. The molecule has 0 spiro atoms. The van der Waals surface area contributed by atoms with Gasteiger partial charge in [0, 0.05) is 6.42 Å². The number of aliphatic hydroxyl groups is 1. The molecule has 3 nitrogen and oxygen atoms in total. The number of carbonyl (C=O) groups excluding carboxylic acids is 1. The van der Waals surface area contributed by atoms with Gasteiger partial charge in [-0.2, -0.15) is 0 Å². The van der Waals surface area contributed by atoms with E-state index >= 15 is 0 Å². The van der Waals surface area contributed by atoms with Crippen molar-refractivity contribution in [3.63, 3.8) is 0 Å². The topological polar surface area (TPSA) is 49.3 Å². The molecule has 1 atom stereocenters. The van der Waals surface area contributed by atoms with Crippen LogP contribution in [0.15, 0.2) is 0 Å². The Morgan fingerprint density at radius 3 is 2.55 bits per heavy atom. The fraction of sp³-hybridized carbons (Fsp3) is 0.800. The van der Waals surface area contributed by atoms with E-state index in [9.17, 15) is 9.18 Å². The van der Waals surface area contributed by atoms with Crippen LogP contribution in [0.4, 0.5) is 4.39 Å². The lowest BCUT2D eigenvalue weighted by Gasteiger charge is -2.10. The van der Waals surface area contributed by atoms with Crippen LogP contribution < -0.4 is 5.32 Å². The highest BCUT2D eigenvalue weighted by atomic mass is 35.5. The summed E-state index contributed by atoms with van der Waals surface area (Å²) in [5, 5.41) is 10.8. The third kappa shape index (κ3) is 5.24. The van der Waals surface area contributed by atoms with Crippen molar-refractivity contribution in [1.82, 2.24) is 5.32 Å². The highest BCUT2D eigenvalue weighted by Gasteiger charge is 2.14. The average Bonchev–Trinajstić information content (AvgIpc) is 1.87. The maximum atomic E-state index is 11.5. The Kier molecular flexibility index (Phi) is 5.54. The number of hydrogen-bond acceptors (Lipinski definition) is 2. The Hall–Kier alpha value is -0.0600. The highest BCUT2D eigenvalue weighted by molar-refractivity contribution is 6.53. The fourth-order valence-corrected chi connectivity index (χ4v) is 0.529. The maximum Gasteiger partial charge on any atom is 0.255 e. The summed E-state index contributed by atoms with van der Waals surface area (Å²) in [6.07, 6.45) is -1.38. The molecule has 0 rings (SSSR count). The van der Waals surface area contributed by atoms with Gasteiger partial charge in [0.2, 0.25) is 0 Å². The lowest BCUT2D eigenvalue weighted by Crippen LogP contribution is -2.38. The van der Waals surface area contributed by atoms with Crippen molar-refractivity contribution in [3.05, 3.63) is 0 Å². The van der Waals surface area contributed by atoms with Gasteiger partial charge in [-0.3, -0.25) is 9.18 Å². The van der Waals surface area contributed by atoms with E-state index in [-0.39, 0.29) is 6.42 Å². The molecule has 0 radical (unpaired) electrons. The molecule has 1 unspecified atom stereocenters. The number of amides is 1. The largest absolute Gasteiger partial charge is 0.374 e. The Balaban J connectivity index is 3.57. The fourth-order valence-electron chi connectivity index (χ4n) is 0.403. The summed E-state index contributed by atoms with van der Waals surface area (Å²) in [5.41, 5.74) is 0. The first-order valence-corrected chi connectivity index (χ1v) is 3.77. The number of nitrogens with one attached hydrogen (secondary N) is 1. The van der Waals surface area contributed by atoms with Crippen LogP contribution in [0.3, 0.4) is 0 Å². The molecule has 0 aromatic rings. The number of aliphatic hydroxyl groups excluding tert-OH is 1. The predicted molar refractivity (Wildman–Crippen MR) is 40.2 cm³/mol. The van der Waals surface area contributed by atoms with Crippen LogP contribution in [0.1, 0.15) is 6.42 Å². The molecule has 0 fully saturated rings. The highest BCUT2D eigenvalue weighted by Crippen LogP contribution is 2.01. The van der Waals surface area contributed by atoms with Crippen molar-refractivity contribution in [2.24, 2.45) is 0 Å². The van der Waals surface area contributed by atoms with Crippen LogP contribution in [-0.2, 0) is 4.79 Å². The van der Waals surface area contributed by atoms with Gasteiger partial charge < -0.3 is 10.4 Å². The van der Waals surface area contributed by atoms with Gasteiger partial charge in [-0.05, 0) is 0 Å². The molecule has 0 aliphatic carbocycles. The zero-order valence-electron chi connectivity index (χ0n) is 5.56. The van der Waals surface area contributed by atoms with Crippen molar-refractivity contribution in [1.29, 1.82) is 0 Å². The summed E-state index contributed by atoms with van der Waals surface area (Å²) in [4.78, 5) is 9.34. The van der Waals surface area contributed by atoms with E-state index in [0.29, 0.717) is 0 Å². The molecule has 0 aromatic heterocycles. The third-order valence-electron chi connectivity index (χ3n) is 0.890. The van der Waals surface area contributed by atoms with E-state index < -0.39 is 23.6 Å². The molecular weight excluding hydrogens is 196 g/mol. The molecule has 0 saturated carbocycles. The summed E-state index contributed by atoms with van der Waals surface area (Å²) in [6.45, 7) is -0.712. The predicted octanol–water partition coefficient (Wildman–Crippen LogP) is 0.584. The van der Waals surface area contributed by atoms with E-state index in [1.165, 1.54) is 0 Å². The minimum absolute atomic E-state index is 0.160. The number of carbonyl (C=O) groups is 1. The van der Waals surface area contributed by atoms with Crippen LogP contribution in [-0.4, -0.2) is 28.8 Å². The number of halogens is 3. The Labute approximate surface area is 73.5 Å². The first kappa shape index (κ1) is 10.9. The van der Waals surface area contributed by atoms with Crippen LogP contribution in [0.5, 0.6) is 0 Å². The Bertz CT molecular complexity index is 134. The second-order valence-corrected chi connectivity index (χ2v) is 2.90. The van der Waals surface area contributed by atoms with E-state index in [1.54, 1.807) is 0 Å². The van der Waals surface area contributed by atoms with Crippen LogP contribution in [0, 0.1) is 0 Å². The molecule has 2 N–H and O–H groups in total.